The molecule has 1 unspecified atom stereocenters. The van der Waals surface area contributed by atoms with Crippen molar-refractivity contribution in [1.29, 1.82) is 0 Å². The van der Waals surface area contributed by atoms with Crippen LogP contribution < -0.4 is 10.1 Å². The minimum absolute atomic E-state index is 0.0474. The first-order valence-corrected chi connectivity index (χ1v) is 7.31. The molecule has 0 bridgehead atoms. The van der Waals surface area contributed by atoms with E-state index in [4.69, 9.17) is 4.74 Å². The molecule has 0 saturated carbocycles. The number of nitro benzene ring substituents is 1. The van der Waals surface area contributed by atoms with Crippen molar-refractivity contribution in [1.82, 2.24) is 0 Å². The Hall–Kier alpha value is -3.28. The number of carbonyl (C=O) groups is 1. The molecule has 0 heterocycles. The lowest BCUT2D eigenvalue weighted by atomic mass is 10.2. The minimum Gasteiger partial charge on any atom is -0.457 e. The highest BCUT2D eigenvalue weighted by Gasteiger charge is 2.63. The van der Waals surface area contributed by atoms with Gasteiger partial charge in [0, 0.05) is 19.2 Å². The van der Waals surface area contributed by atoms with Gasteiger partial charge in [-0.3, -0.25) is 14.9 Å². The van der Waals surface area contributed by atoms with E-state index >= 15 is 0 Å². The Kier molecular flexibility index (Phi) is 5.83. The van der Waals surface area contributed by atoms with E-state index in [0.29, 0.717) is 13.2 Å². The van der Waals surface area contributed by atoms with Crippen LogP contribution in [0.4, 0.5) is 33.3 Å². The van der Waals surface area contributed by atoms with Crippen molar-refractivity contribution in [2.24, 2.45) is 0 Å². The Balaban J connectivity index is 2.36. The third-order valence-corrected chi connectivity index (χ3v) is 3.35. The molecule has 1 amide bonds. The van der Waals surface area contributed by atoms with Crippen molar-refractivity contribution < 1.29 is 41.1 Å². The Morgan fingerprint density at radius 1 is 1.07 bits per heavy atom. The van der Waals surface area contributed by atoms with Crippen LogP contribution in [0.3, 0.4) is 0 Å². The predicted molar refractivity (Wildman–Crippen MR) is 85.1 cm³/mol. The summed E-state index contributed by atoms with van der Waals surface area (Å²) in [7, 11) is 0.337. The van der Waals surface area contributed by atoms with Crippen LogP contribution in [0, 0.1) is 15.9 Å². The number of amides is 1. The number of ether oxygens (including phenoxy) is 2. The Morgan fingerprint density at radius 2 is 1.68 bits per heavy atom. The first-order chi connectivity index (χ1) is 13.0. The molecule has 0 aliphatic heterocycles. The maximum atomic E-state index is 13.9. The summed E-state index contributed by atoms with van der Waals surface area (Å²) in [6.07, 6.45) is -5.69. The van der Waals surface area contributed by atoms with Crippen LogP contribution in [0.2, 0.25) is 0 Å². The van der Waals surface area contributed by atoms with Crippen molar-refractivity contribution >= 4 is 17.3 Å². The van der Waals surface area contributed by atoms with E-state index in [-0.39, 0.29) is 11.5 Å². The van der Waals surface area contributed by atoms with Crippen LogP contribution in [-0.4, -0.2) is 30.0 Å². The summed E-state index contributed by atoms with van der Waals surface area (Å²) in [5.41, 5.74) is -1.22. The lowest BCUT2D eigenvalue weighted by Crippen LogP contribution is -2.52. The predicted octanol–water partition coefficient (Wildman–Crippen LogP) is 4.34. The van der Waals surface area contributed by atoms with Gasteiger partial charge in [-0.1, -0.05) is 0 Å². The minimum atomic E-state index is -5.69. The second-order valence-electron chi connectivity index (χ2n) is 5.28. The number of alkyl halides is 4. The first-order valence-electron chi connectivity index (χ1n) is 7.31. The van der Waals surface area contributed by atoms with Gasteiger partial charge in [0.05, 0.1) is 16.7 Å². The molecule has 7 nitrogen and oxygen atoms in total. The summed E-state index contributed by atoms with van der Waals surface area (Å²) in [4.78, 5) is 21.8. The Bertz CT molecular complexity index is 888. The molecule has 28 heavy (non-hydrogen) atoms. The number of anilines is 1. The number of nitro groups is 1. The number of rotatable bonds is 6. The highest BCUT2D eigenvalue weighted by atomic mass is 19.4. The van der Waals surface area contributed by atoms with E-state index in [0.717, 1.165) is 24.3 Å². The molecule has 2 aromatic carbocycles. The topological polar surface area (TPSA) is 90.7 Å². The van der Waals surface area contributed by atoms with Crippen LogP contribution >= 0.6 is 0 Å². The number of hydrogen-bond acceptors (Lipinski definition) is 5. The molecule has 0 spiro atoms. The van der Waals surface area contributed by atoms with Crippen LogP contribution in [0.25, 0.3) is 0 Å². The Morgan fingerprint density at radius 3 is 2.18 bits per heavy atom. The fourth-order valence-electron chi connectivity index (χ4n) is 2.01. The van der Waals surface area contributed by atoms with Gasteiger partial charge >= 0.3 is 12.0 Å². The average molecular weight is 406 g/mol. The fourth-order valence-corrected chi connectivity index (χ4v) is 2.01. The zero-order chi connectivity index (χ0) is 21.1. The SMILES string of the molecule is COC(F)(C(=O)Nc1cc(Oc2ccc(F)cc2)cc([N+](=O)[O-])c1)C(F)(F)F. The molecule has 0 aliphatic rings. The van der Waals surface area contributed by atoms with Gasteiger partial charge in [-0.15, -0.1) is 0 Å². The van der Waals surface area contributed by atoms with E-state index in [9.17, 15) is 36.9 Å². The van der Waals surface area contributed by atoms with Gasteiger partial charge in [0.2, 0.25) is 0 Å². The maximum absolute atomic E-state index is 13.9. The number of non-ortho nitro benzene ring substituents is 1. The van der Waals surface area contributed by atoms with Gasteiger partial charge < -0.3 is 14.8 Å². The van der Waals surface area contributed by atoms with E-state index in [1.54, 1.807) is 5.32 Å². The van der Waals surface area contributed by atoms with Gasteiger partial charge in [0.1, 0.15) is 17.3 Å². The van der Waals surface area contributed by atoms with Crippen molar-refractivity contribution in [3.05, 3.63) is 58.4 Å². The second kappa shape index (κ2) is 7.76. The lowest BCUT2D eigenvalue weighted by molar-refractivity contribution is -0.384. The summed E-state index contributed by atoms with van der Waals surface area (Å²) in [5, 5.41) is 12.6. The fraction of sp³-hybridized carbons (Fsp3) is 0.188. The number of methoxy groups -OCH3 is 1. The Labute approximate surface area is 153 Å². The molecule has 1 atom stereocenters. The summed E-state index contributed by atoms with van der Waals surface area (Å²) in [6.45, 7) is 0. The molecule has 2 rings (SSSR count). The maximum Gasteiger partial charge on any atom is 0.458 e. The molecule has 1 N–H and O–H groups in total. The van der Waals surface area contributed by atoms with Gasteiger partial charge in [-0.25, -0.2) is 4.39 Å². The average Bonchev–Trinajstić information content (AvgIpc) is 2.61. The normalized spacial score (nSPS) is 13.5. The van der Waals surface area contributed by atoms with Crippen LogP contribution in [0.5, 0.6) is 11.5 Å². The number of halogens is 5. The van der Waals surface area contributed by atoms with E-state index in [2.05, 4.69) is 4.74 Å². The van der Waals surface area contributed by atoms with Crippen LogP contribution in [-0.2, 0) is 9.53 Å². The number of benzene rings is 2. The van der Waals surface area contributed by atoms with Crippen LogP contribution in [0.15, 0.2) is 42.5 Å². The summed E-state index contributed by atoms with van der Waals surface area (Å²) in [5.74, 6) is -7.72. The lowest BCUT2D eigenvalue weighted by Gasteiger charge is -2.24. The highest BCUT2D eigenvalue weighted by molar-refractivity contribution is 5.97. The molecular formula is C16H11F5N2O5. The standard InChI is InChI=1S/C16H11F5N2O5/c1-27-15(18,16(19,20)21)14(24)22-10-6-11(23(25)26)8-13(7-10)28-12-4-2-9(17)3-5-12/h2-8H,1H3,(H,22,24). The number of nitrogens with one attached hydrogen (secondary N) is 1. The number of nitrogens with zero attached hydrogens (tertiary/aromatic N) is 1. The first kappa shape index (κ1) is 21.0. The second-order valence-corrected chi connectivity index (χ2v) is 5.28. The third-order valence-electron chi connectivity index (χ3n) is 3.35. The third kappa shape index (κ3) is 4.52. The molecular weight excluding hydrogens is 395 g/mol. The molecule has 0 aromatic heterocycles. The molecule has 150 valence electrons. The van der Waals surface area contributed by atoms with Crippen molar-refractivity contribution in [2.75, 3.05) is 12.4 Å². The van der Waals surface area contributed by atoms with Gasteiger partial charge in [0.15, 0.2) is 0 Å². The molecule has 2 aromatic rings. The zero-order valence-electron chi connectivity index (χ0n) is 13.9. The van der Waals surface area contributed by atoms with E-state index in [1.165, 1.54) is 12.1 Å². The van der Waals surface area contributed by atoms with Crippen molar-refractivity contribution in [3.8, 4) is 11.5 Å². The molecule has 0 saturated heterocycles. The van der Waals surface area contributed by atoms with Crippen molar-refractivity contribution in [2.45, 2.75) is 12.0 Å². The highest BCUT2D eigenvalue weighted by Crippen LogP contribution is 2.36. The quantitative estimate of drug-likeness (QED) is 0.438. The monoisotopic (exact) mass is 406 g/mol. The zero-order valence-corrected chi connectivity index (χ0v) is 13.9. The summed E-state index contributed by atoms with van der Waals surface area (Å²) < 4.78 is 73.9. The van der Waals surface area contributed by atoms with Gasteiger partial charge in [0.25, 0.3) is 11.6 Å². The molecule has 12 heteroatoms. The van der Waals surface area contributed by atoms with Gasteiger partial charge in [-0.05, 0) is 24.3 Å². The molecule has 0 radical (unpaired) electrons. The van der Waals surface area contributed by atoms with Crippen LogP contribution in [0.1, 0.15) is 0 Å². The summed E-state index contributed by atoms with van der Waals surface area (Å²) in [6, 6.07) is 6.97. The van der Waals surface area contributed by atoms with E-state index < -0.39 is 40.1 Å². The van der Waals surface area contributed by atoms with Gasteiger partial charge in [-0.2, -0.15) is 17.6 Å². The van der Waals surface area contributed by atoms with Crippen molar-refractivity contribution in [3.63, 3.8) is 0 Å². The summed E-state index contributed by atoms with van der Waals surface area (Å²) >= 11 is 0. The largest absolute Gasteiger partial charge is 0.458 e. The molecule has 0 fully saturated rings. The number of hydrogen-bond donors (Lipinski definition) is 1. The van der Waals surface area contributed by atoms with E-state index in [1.807, 2.05) is 0 Å². The smallest absolute Gasteiger partial charge is 0.457 e. The number of carbonyl (C=O) groups excluding carboxylic acids is 1. The molecule has 0 aliphatic carbocycles.